The molecule has 4 aromatic rings. The van der Waals surface area contributed by atoms with Crippen LogP contribution in [-0.2, 0) is 29.3 Å². The van der Waals surface area contributed by atoms with Crippen LogP contribution in [0.25, 0.3) is 16.8 Å². The van der Waals surface area contributed by atoms with Gasteiger partial charge in [-0.15, -0.1) is 10.2 Å². The van der Waals surface area contributed by atoms with Gasteiger partial charge in [0.25, 0.3) is 0 Å². The van der Waals surface area contributed by atoms with Crippen LogP contribution in [0.4, 0.5) is 0 Å². The molecule has 1 aliphatic heterocycles. The normalized spacial score (nSPS) is 13.5. The van der Waals surface area contributed by atoms with E-state index in [0.717, 1.165) is 48.6 Å². The summed E-state index contributed by atoms with van der Waals surface area (Å²) in [6.07, 6.45) is 5.99. The highest BCUT2D eigenvalue weighted by Crippen LogP contribution is 2.29. The summed E-state index contributed by atoms with van der Waals surface area (Å²) in [5.74, 6) is 1.86. The molecule has 0 spiro atoms. The van der Waals surface area contributed by atoms with Crippen LogP contribution >= 0.6 is 0 Å². The number of ether oxygens (including phenoxy) is 1. The predicted octanol–water partition coefficient (Wildman–Crippen LogP) is 2.76. The second-order valence-electron chi connectivity index (χ2n) is 7.92. The molecule has 2 aromatic carbocycles. The van der Waals surface area contributed by atoms with Crippen molar-refractivity contribution in [2.75, 3.05) is 20.7 Å². The summed E-state index contributed by atoms with van der Waals surface area (Å²) in [4.78, 5) is 4.93. The molecular weight excluding hydrogens is 426 g/mol. The summed E-state index contributed by atoms with van der Waals surface area (Å²) in [5, 5.41) is 8.39. The van der Waals surface area contributed by atoms with E-state index < -0.39 is 10.0 Å². The van der Waals surface area contributed by atoms with Gasteiger partial charge in [0.15, 0.2) is 5.65 Å². The van der Waals surface area contributed by atoms with E-state index in [0.29, 0.717) is 5.65 Å². The number of rotatable bonds is 6. The highest BCUT2D eigenvalue weighted by molar-refractivity contribution is 7.89. The van der Waals surface area contributed by atoms with Gasteiger partial charge in [-0.25, -0.2) is 17.7 Å². The van der Waals surface area contributed by atoms with Gasteiger partial charge in [-0.05, 0) is 35.7 Å². The highest BCUT2D eigenvalue weighted by atomic mass is 32.2. The zero-order valence-corrected chi connectivity index (χ0v) is 18.7. The van der Waals surface area contributed by atoms with Crippen LogP contribution in [0.2, 0.25) is 0 Å². The van der Waals surface area contributed by atoms with Crippen LogP contribution in [-0.4, -0.2) is 53.0 Å². The van der Waals surface area contributed by atoms with Crippen molar-refractivity contribution in [3.8, 4) is 16.9 Å². The first-order valence-corrected chi connectivity index (χ1v) is 11.8. The molecule has 1 aliphatic rings. The second kappa shape index (κ2) is 7.99. The third-order valence-electron chi connectivity index (χ3n) is 5.81. The Morgan fingerprint density at radius 3 is 2.69 bits per heavy atom. The third kappa shape index (κ3) is 3.53. The van der Waals surface area contributed by atoms with Crippen LogP contribution in [0.5, 0.6) is 5.75 Å². The smallest absolute Gasteiger partial charge is 0.242 e. The van der Waals surface area contributed by atoms with Crippen molar-refractivity contribution in [2.45, 2.75) is 24.2 Å². The molecule has 0 atom stereocenters. The Labute approximate surface area is 186 Å². The minimum atomic E-state index is -3.48. The average molecular weight is 450 g/mol. The number of benzene rings is 2. The standard InChI is InChI=1S/C23H23N5O3S/c1-27(2)32(29,30)18-9-6-17(7-10-18)20-14-24-22(28-15-25-26-23(20)28)11-8-16-4-3-5-21-19(16)12-13-31-21/h3-7,9-10,14-15H,8,11-13H2,1-2H3. The lowest BCUT2D eigenvalue weighted by molar-refractivity contribution is 0.357. The van der Waals surface area contributed by atoms with E-state index in [1.165, 1.54) is 29.5 Å². The zero-order chi connectivity index (χ0) is 22.3. The lowest BCUT2D eigenvalue weighted by Crippen LogP contribution is -2.22. The molecule has 0 saturated carbocycles. The molecular formula is C23H23N5O3S. The Morgan fingerprint density at radius 1 is 1.09 bits per heavy atom. The van der Waals surface area contributed by atoms with Crippen LogP contribution < -0.4 is 4.74 Å². The summed E-state index contributed by atoms with van der Waals surface area (Å²) >= 11 is 0. The molecule has 9 heteroatoms. The minimum absolute atomic E-state index is 0.243. The van der Waals surface area contributed by atoms with Gasteiger partial charge in [0.2, 0.25) is 10.0 Å². The third-order valence-corrected chi connectivity index (χ3v) is 7.64. The topological polar surface area (TPSA) is 89.7 Å². The van der Waals surface area contributed by atoms with Gasteiger partial charge in [-0.3, -0.25) is 4.40 Å². The fraction of sp³-hybridized carbons (Fsp3) is 0.261. The van der Waals surface area contributed by atoms with Crippen molar-refractivity contribution < 1.29 is 13.2 Å². The first-order chi connectivity index (χ1) is 15.4. The quantitative estimate of drug-likeness (QED) is 0.450. The van der Waals surface area contributed by atoms with E-state index in [-0.39, 0.29) is 4.90 Å². The van der Waals surface area contributed by atoms with Crippen LogP contribution in [0.15, 0.2) is 59.9 Å². The maximum absolute atomic E-state index is 12.3. The number of fused-ring (bicyclic) bond motifs is 2. The molecule has 32 heavy (non-hydrogen) atoms. The molecule has 2 aromatic heterocycles. The Hall–Kier alpha value is -3.30. The van der Waals surface area contributed by atoms with Crippen molar-refractivity contribution in [1.82, 2.24) is 23.9 Å². The molecule has 0 bridgehead atoms. The lowest BCUT2D eigenvalue weighted by atomic mass is 10.0. The Balaban J connectivity index is 1.44. The van der Waals surface area contributed by atoms with E-state index in [1.54, 1.807) is 36.8 Å². The van der Waals surface area contributed by atoms with Crippen molar-refractivity contribution in [3.05, 3.63) is 71.9 Å². The summed E-state index contributed by atoms with van der Waals surface area (Å²) in [7, 11) is -0.444. The Bertz CT molecular complexity index is 1400. The maximum Gasteiger partial charge on any atom is 0.242 e. The molecule has 0 unspecified atom stereocenters. The van der Waals surface area contributed by atoms with Crippen LogP contribution in [0.1, 0.15) is 17.0 Å². The van der Waals surface area contributed by atoms with E-state index in [1.807, 2.05) is 16.5 Å². The summed E-state index contributed by atoms with van der Waals surface area (Å²) in [6.45, 7) is 0.740. The molecule has 5 rings (SSSR count). The molecule has 0 N–H and O–H groups in total. The van der Waals surface area contributed by atoms with Crippen molar-refractivity contribution in [3.63, 3.8) is 0 Å². The van der Waals surface area contributed by atoms with Gasteiger partial charge in [-0.1, -0.05) is 24.3 Å². The van der Waals surface area contributed by atoms with Crippen LogP contribution in [0, 0.1) is 0 Å². The van der Waals surface area contributed by atoms with E-state index in [2.05, 4.69) is 21.2 Å². The van der Waals surface area contributed by atoms with E-state index in [4.69, 9.17) is 4.74 Å². The maximum atomic E-state index is 12.3. The molecule has 8 nitrogen and oxygen atoms in total. The number of sulfonamides is 1. The van der Waals surface area contributed by atoms with E-state index in [9.17, 15) is 8.42 Å². The highest BCUT2D eigenvalue weighted by Gasteiger charge is 2.19. The second-order valence-corrected chi connectivity index (χ2v) is 10.1. The first kappa shape index (κ1) is 20.6. The van der Waals surface area contributed by atoms with Crippen molar-refractivity contribution >= 4 is 15.7 Å². The summed E-state index contributed by atoms with van der Waals surface area (Å²) in [5.41, 5.74) is 4.90. The Morgan fingerprint density at radius 2 is 1.91 bits per heavy atom. The predicted molar refractivity (Wildman–Crippen MR) is 120 cm³/mol. The zero-order valence-electron chi connectivity index (χ0n) is 17.9. The minimum Gasteiger partial charge on any atom is -0.493 e. The van der Waals surface area contributed by atoms with Crippen molar-refractivity contribution in [1.29, 1.82) is 0 Å². The molecule has 164 valence electrons. The molecule has 0 fully saturated rings. The van der Waals surface area contributed by atoms with Gasteiger partial charge in [0.05, 0.1) is 11.5 Å². The van der Waals surface area contributed by atoms with Gasteiger partial charge in [0, 0.05) is 44.3 Å². The molecule has 0 amide bonds. The van der Waals surface area contributed by atoms with Gasteiger partial charge >= 0.3 is 0 Å². The summed E-state index contributed by atoms with van der Waals surface area (Å²) in [6, 6.07) is 12.9. The molecule has 0 aliphatic carbocycles. The molecule has 0 radical (unpaired) electrons. The molecule has 0 saturated heterocycles. The van der Waals surface area contributed by atoms with E-state index >= 15 is 0 Å². The Kier molecular flexibility index (Phi) is 5.15. The lowest BCUT2D eigenvalue weighted by Gasteiger charge is -2.12. The fourth-order valence-electron chi connectivity index (χ4n) is 4.05. The number of aromatic nitrogens is 4. The molecule has 3 heterocycles. The number of hydrogen-bond donors (Lipinski definition) is 0. The first-order valence-electron chi connectivity index (χ1n) is 10.4. The summed E-state index contributed by atoms with van der Waals surface area (Å²) < 4.78 is 33.4. The SMILES string of the molecule is CN(C)S(=O)(=O)c1ccc(-c2cnc(CCc3cccc4c3CCO4)n3cnnc23)cc1. The number of nitrogens with zero attached hydrogens (tertiary/aromatic N) is 5. The van der Waals surface area contributed by atoms with Gasteiger partial charge in [0.1, 0.15) is 17.9 Å². The van der Waals surface area contributed by atoms with Crippen LogP contribution in [0.3, 0.4) is 0 Å². The average Bonchev–Trinajstić information content (AvgIpc) is 3.47. The number of aryl methyl sites for hydroxylation is 2. The fourth-order valence-corrected chi connectivity index (χ4v) is 4.95. The largest absolute Gasteiger partial charge is 0.493 e. The number of hydrogen-bond acceptors (Lipinski definition) is 6. The monoisotopic (exact) mass is 449 g/mol. The van der Waals surface area contributed by atoms with Crippen molar-refractivity contribution in [2.24, 2.45) is 0 Å². The van der Waals surface area contributed by atoms with Gasteiger partial charge in [-0.2, -0.15) is 0 Å². The van der Waals surface area contributed by atoms with Gasteiger partial charge < -0.3 is 4.74 Å².